The van der Waals surface area contributed by atoms with Gasteiger partial charge in [0.2, 0.25) is 11.7 Å². The zero-order chi connectivity index (χ0) is 25.2. The van der Waals surface area contributed by atoms with Crippen molar-refractivity contribution in [3.05, 3.63) is 59.7 Å². The predicted molar refractivity (Wildman–Crippen MR) is 127 cm³/mol. The second kappa shape index (κ2) is 12.6. The molecule has 3 amide bonds. The third-order valence-corrected chi connectivity index (χ3v) is 5.61. The van der Waals surface area contributed by atoms with E-state index in [0.717, 1.165) is 11.3 Å². The van der Waals surface area contributed by atoms with Gasteiger partial charge in [-0.2, -0.15) is 0 Å². The molecule has 3 rings (SSSR count). The summed E-state index contributed by atoms with van der Waals surface area (Å²) in [7, 11) is 0. The molecule has 186 valence electrons. The molecule has 0 aliphatic carbocycles. The number of amides is 3. The molecule has 1 aromatic carbocycles. The molecule has 10 heteroatoms. The number of aryl methyl sites for hydroxylation is 2. The minimum atomic E-state index is -1.07. The average Bonchev–Trinajstić information content (AvgIpc) is 2.85. The van der Waals surface area contributed by atoms with Crippen molar-refractivity contribution in [1.29, 1.82) is 0 Å². The second-order valence-electron chi connectivity index (χ2n) is 8.72. The number of ether oxygens (including phenoxy) is 1. The van der Waals surface area contributed by atoms with Crippen LogP contribution in [0.1, 0.15) is 43.8 Å². The van der Waals surface area contributed by atoms with E-state index in [2.05, 4.69) is 25.9 Å². The lowest BCUT2D eigenvalue weighted by molar-refractivity contribution is -0.140. The van der Waals surface area contributed by atoms with E-state index in [1.165, 1.54) is 0 Å². The molecule has 0 saturated carbocycles. The second-order valence-corrected chi connectivity index (χ2v) is 8.72. The van der Waals surface area contributed by atoms with Crippen LogP contribution in [0.15, 0.2) is 42.6 Å². The average molecular weight is 482 g/mol. The number of hydrogen-bond donors (Lipinski definition) is 3. The molecule has 0 radical (unpaired) electrons. The summed E-state index contributed by atoms with van der Waals surface area (Å²) in [6.07, 6.45) is 2.64. The molecule has 2 heterocycles. The van der Waals surface area contributed by atoms with Crippen LogP contribution < -0.4 is 16.0 Å². The van der Waals surface area contributed by atoms with E-state index >= 15 is 0 Å². The summed E-state index contributed by atoms with van der Waals surface area (Å²) in [5.74, 6) is -1.68. The first-order chi connectivity index (χ1) is 16.8. The van der Waals surface area contributed by atoms with Gasteiger partial charge in [-0.25, -0.2) is 14.8 Å². The summed E-state index contributed by atoms with van der Waals surface area (Å²) in [6, 6.07) is 8.89. The minimum absolute atomic E-state index is 0.0569. The van der Waals surface area contributed by atoms with E-state index in [9.17, 15) is 19.2 Å². The molecule has 3 N–H and O–H groups in total. The highest BCUT2D eigenvalue weighted by Crippen LogP contribution is 2.09. The van der Waals surface area contributed by atoms with Gasteiger partial charge >= 0.3 is 6.09 Å². The first kappa shape index (κ1) is 25.8. The highest BCUT2D eigenvalue weighted by Gasteiger charge is 2.32. The van der Waals surface area contributed by atoms with Crippen LogP contribution in [-0.4, -0.2) is 52.3 Å². The molecular formula is C25H31N5O5. The van der Waals surface area contributed by atoms with Crippen LogP contribution in [0, 0.1) is 5.92 Å². The zero-order valence-electron chi connectivity index (χ0n) is 20.0. The Morgan fingerprint density at radius 2 is 1.91 bits per heavy atom. The van der Waals surface area contributed by atoms with Crippen molar-refractivity contribution in [2.75, 3.05) is 6.54 Å². The Balaban J connectivity index is 1.66. The third-order valence-electron chi connectivity index (χ3n) is 5.61. The summed E-state index contributed by atoms with van der Waals surface area (Å²) >= 11 is 0. The molecule has 2 unspecified atom stereocenters. The molecule has 1 aliphatic heterocycles. The number of nitrogens with zero attached hydrogens (tertiary/aromatic N) is 2. The molecule has 2 bridgehead atoms. The number of rotatable bonds is 6. The maximum atomic E-state index is 13.1. The van der Waals surface area contributed by atoms with Gasteiger partial charge in [0.15, 0.2) is 0 Å². The molecule has 10 nitrogen and oxygen atoms in total. The van der Waals surface area contributed by atoms with Gasteiger partial charge in [0.1, 0.15) is 18.5 Å². The number of hydrogen-bond acceptors (Lipinski definition) is 7. The molecule has 2 aromatic rings. The number of Topliss-reactive ketones (excluding diaryl/α,β-unsaturated/α-hetero) is 1. The Labute approximate surface area is 204 Å². The quantitative estimate of drug-likeness (QED) is 0.531. The summed E-state index contributed by atoms with van der Waals surface area (Å²) in [5.41, 5.74) is 1.54. The molecule has 1 aliphatic rings. The Hall–Kier alpha value is -3.82. The van der Waals surface area contributed by atoms with E-state index < -0.39 is 35.8 Å². The minimum Gasteiger partial charge on any atom is -0.445 e. The Kier molecular flexibility index (Phi) is 9.28. The number of aromatic nitrogens is 2. The van der Waals surface area contributed by atoms with Gasteiger partial charge in [-0.3, -0.25) is 14.4 Å². The first-order valence-corrected chi connectivity index (χ1v) is 11.7. The van der Waals surface area contributed by atoms with Crippen LogP contribution in [0.4, 0.5) is 4.79 Å². The van der Waals surface area contributed by atoms with Crippen LogP contribution in [0.5, 0.6) is 0 Å². The Morgan fingerprint density at radius 1 is 1.14 bits per heavy atom. The number of fused-ring (bicyclic) bond motifs is 2. The smallest absolute Gasteiger partial charge is 0.408 e. The Morgan fingerprint density at radius 3 is 2.66 bits per heavy atom. The highest BCUT2D eigenvalue weighted by molar-refractivity contribution is 6.38. The van der Waals surface area contributed by atoms with E-state index in [1.54, 1.807) is 26.1 Å². The monoisotopic (exact) mass is 481 g/mol. The summed E-state index contributed by atoms with van der Waals surface area (Å²) in [5, 5.41) is 7.82. The van der Waals surface area contributed by atoms with E-state index in [4.69, 9.17) is 4.74 Å². The molecule has 0 fully saturated rings. The van der Waals surface area contributed by atoms with E-state index in [0.29, 0.717) is 31.6 Å². The lowest BCUT2D eigenvalue weighted by atomic mass is 10.00. The van der Waals surface area contributed by atoms with Crippen LogP contribution in [0.3, 0.4) is 0 Å². The van der Waals surface area contributed by atoms with Gasteiger partial charge in [-0.1, -0.05) is 44.2 Å². The predicted octanol–water partition coefficient (Wildman–Crippen LogP) is 1.48. The van der Waals surface area contributed by atoms with Crippen LogP contribution in [-0.2, 0) is 38.6 Å². The highest BCUT2D eigenvalue weighted by atomic mass is 16.5. The maximum Gasteiger partial charge on any atom is 0.408 e. The topological polar surface area (TPSA) is 139 Å². The molecule has 0 spiro atoms. The molecular weight excluding hydrogens is 450 g/mol. The fraction of sp³-hybridized carbons (Fsp3) is 0.440. The lowest BCUT2D eigenvalue weighted by Gasteiger charge is -2.25. The standard InChI is InChI=1S/C25H31N5O5/c1-16(2)21(30-25(34)35-15-17-7-4-3-5-8-17)23(32)29-19-11-10-18-12-14-26-20(28-18)9-6-13-27-24(33)22(19)31/h3-5,7-8,12,14,16,19,21H,6,9-11,13,15H2,1-2H3,(H,27,33)(H,29,32)(H,30,34). The zero-order valence-corrected chi connectivity index (χ0v) is 20.0. The SMILES string of the molecule is CC(C)C(NC(=O)OCc1ccccc1)C(=O)NC1CCc2ccnc(n2)CCCNC(=O)C1=O. The number of benzene rings is 1. The van der Waals surface area contributed by atoms with Gasteiger partial charge < -0.3 is 20.7 Å². The lowest BCUT2D eigenvalue weighted by Crippen LogP contribution is -2.55. The maximum absolute atomic E-state index is 13.1. The van der Waals surface area contributed by atoms with Crippen LogP contribution in [0.2, 0.25) is 0 Å². The van der Waals surface area contributed by atoms with Crippen molar-refractivity contribution >= 4 is 23.7 Å². The first-order valence-electron chi connectivity index (χ1n) is 11.7. The normalized spacial score (nSPS) is 17.4. The number of alkyl carbamates (subject to hydrolysis) is 1. The summed E-state index contributed by atoms with van der Waals surface area (Å²) < 4.78 is 5.23. The summed E-state index contributed by atoms with van der Waals surface area (Å²) in [6.45, 7) is 3.88. The van der Waals surface area contributed by atoms with Crippen molar-refractivity contribution in [2.45, 2.75) is 58.2 Å². The van der Waals surface area contributed by atoms with Crippen molar-refractivity contribution in [1.82, 2.24) is 25.9 Å². The fourth-order valence-corrected chi connectivity index (χ4v) is 3.64. The van der Waals surface area contributed by atoms with Crippen molar-refractivity contribution in [3.8, 4) is 0 Å². The molecule has 0 saturated heterocycles. The van der Waals surface area contributed by atoms with Crippen molar-refractivity contribution in [3.63, 3.8) is 0 Å². The van der Waals surface area contributed by atoms with Gasteiger partial charge in [0.05, 0.1) is 6.04 Å². The Bertz CT molecular complexity index is 1040. The van der Waals surface area contributed by atoms with Gasteiger partial charge in [0.25, 0.3) is 5.91 Å². The molecule has 2 atom stereocenters. The van der Waals surface area contributed by atoms with Gasteiger partial charge in [-0.15, -0.1) is 0 Å². The number of carbonyl (C=O) groups excluding carboxylic acids is 4. The molecule has 1 aromatic heterocycles. The number of nitrogens with one attached hydrogen (secondary N) is 3. The number of ketones is 1. The fourth-order valence-electron chi connectivity index (χ4n) is 3.64. The van der Waals surface area contributed by atoms with Gasteiger partial charge in [-0.05, 0) is 36.8 Å². The van der Waals surface area contributed by atoms with Crippen molar-refractivity contribution < 1.29 is 23.9 Å². The van der Waals surface area contributed by atoms with Crippen LogP contribution >= 0.6 is 0 Å². The third kappa shape index (κ3) is 7.87. The van der Waals surface area contributed by atoms with Gasteiger partial charge in [0, 0.05) is 24.9 Å². The van der Waals surface area contributed by atoms with E-state index in [1.807, 2.05) is 30.3 Å². The summed E-state index contributed by atoms with van der Waals surface area (Å²) in [4.78, 5) is 59.4. The largest absolute Gasteiger partial charge is 0.445 e. The van der Waals surface area contributed by atoms with Crippen LogP contribution in [0.25, 0.3) is 0 Å². The van der Waals surface area contributed by atoms with Crippen molar-refractivity contribution in [2.24, 2.45) is 5.92 Å². The molecule has 35 heavy (non-hydrogen) atoms. The number of carbonyl (C=O) groups is 4. The van der Waals surface area contributed by atoms with E-state index in [-0.39, 0.29) is 18.9 Å².